The lowest BCUT2D eigenvalue weighted by Crippen LogP contribution is -1.99. The molecule has 17 heavy (non-hydrogen) atoms. The molecule has 0 bridgehead atoms. The van der Waals surface area contributed by atoms with E-state index >= 15 is 0 Å². The quantitative estimate of drug-likeness (QED) is 0.934. The zero-order valence-corrected chi connectivity index (χ0v) is 11.5. The van der Waals surface area contributed by atoms with Gasteiger partial charge in [-0.2, -0.15) is 0 Å². The van der Waals surface area contributed by atoms with Crippen LogP contribution in [0.15, 0.2) is 41.0 Å². The number of aromatic nitrogens is 1. The normalized spacial score (nSPS) is 10.5. The molecule has 0 unspecified atom stereocenters. The molecule has 0 aliphatic heterocycles. The van der Waals surface area contributed by atoms with E-state index in [-0.39, 0.29) is 0 Å². The molecule has 0 spiro atoms. The first-order valence-corrected chi connectivity index (χ1v) is 6.46. The smallest absolute Gasteiger partial charge is 0.126 e. The van der Waals surface area contributed by atoms with Crippen LogP contribution < -0.4 is 5.73 Å². The van der Waals surface area contributed by atoms with Crippen molar-refractivity contribution in [3.05, 3.63) is 57.2 Å². The van der Waals surface area contributed by atoms with E-state index in [1.807, 2.05) is 30.3 Å². The zero-order valence-electron chi connectivity index (χ0n) is 9.16. The summed E-state index contributed by atoms with van der Waals surface area (Å²) in [6, 6.07) is 9.88. The summed E-state index contributed by atoms with van der Waals surface area (Å²) in [6.45, 7) is 0. The fourth-order valence-corrected chi connectivity index (χ4v) is 2.13. The average molecular weight is 312 g/mol. The lowest BCUT2D eigenvalue weighted by atomic mass is 10.1. The Balaban J connectivity index is 2.07. The zero-order chi connectivity index (χ0) is 12.3. The number of rotatable bonds is 3. The molecule has 2 aromatic rings. The molecule has 0 aliphatic rings. The lowest BCUT2D eigenvalue weighted by molar-refractivity contribution is 0.953. The highest BCUT2D eigenvalue weighted by molar-refractivity contribution is 9.10. The number of nitrogens with zero attached hydrogens (tertiary/aromatic N) is 1. The van der Waals surface area contributed by atoms with Gasteiger partial charge in [0.15, 0.2) is 0 Å². The molecule has 2 N–H and O–H groups in total. The van der Waals surface area contributed by atoms with E-state index in [1.54, 1.807) is 6.20 Å². The standard InChI is InChI=1S/C13H12BrClN2/c14-11-7-10(13(16)17-8-11)4-1-9-2-5-12(15)6-3-9/h2-3,5-8H,1,4H2,(H2,16,17). The van der Waals surface area contributed by atoms with Crippen molar-refractivity contribution in [3.8, 4) is 0 Å². The summed E-state index contributed by atoms with van der Waals surface area (Å²) in [5.41, 5.74) is 8.13. The monoisotopic (exact) mass is 310 g/mol. The number of nitrogen functional groups attached to an aromatic ring is 1. The summed E-state index contributed by atoms with van der Waals surface area (Å²) in [4.78, 5) is 4.11. The molecule has 0 fully saturated rings. The van der Waals surface area contributed by atoms with Crippen LogP contribution in [-0.2, 0) is 12.8 Å². The number of anilines is 1. The molecule has 1 aromatic heterocycles. The van der Waals surface area contributed by atoms with Gasteiger partial charge in [0.1, 0.15) is 5.82 Å². The van der Waals surface area contributed by atoms with Crippen LogP contribution in [0.4, 0.5) is 5.82 Å². The van der Waals surface area contributed by atoms with Gasteiger partial charge in [-0.25, -0.2) is 4.98 Å². The SMILES string of the molecule is Nc1ncc(Br)cc1CCc1ccc(Cl)cc1. The van der Waals surface area contributed by atoms with Crippen molar-refractivity contribution >= 4 is 33.3 Å². The maximum atomic E-state index is 5.84. The second-order valence-corrected chi connectivity index (χ2v) is 5.18. The van der Waals surface area contributed by atoms with Gasteiger partial charge in [-0.3, -0.25) is 0 Å². The second-order valence-electron chi connectivity index (χ2n) is 3.82. The summed E-state index contributed by atoms with van der Waals surface area (Å²) >= 11 is 9.24. The Morgan fingerprint density at radius 3 is 2.59 bits per heavy atom. The van der Waals surface area contributed by atoms with Crippen LogP contribution in [0.5, 0.6) is 0 Å². The van der Waals surface area contributed by atoms with Gasteiger partial charge in [-0.05, 0) is 58.1 Å². The van der Waals surface area contributed by atoms with Gasteiger partial charge in [-0.15, -0.1) is 0 Å². The molecule has 0 radical (unpaired) electrons. The summed E-state index contributed by atoms with van der Waals surface area (Å²) in [5.74, 6) is 0.599. The number of pyridine rings is 1. The first-order valence-electron chi connectivity index (χ1n) is 5.29. The first-order chi connectivity index (χ1) is 8.15. The van der Waals surface area contributed by atoms with Crippen molar-refractivity contribution in [2.24, 2.45) is 0 Å². The van der Waals surface area contributed by atoms with Gasteiger partial charge in [-0.1, -0.05) is 23.7 Å². The highest BCUT2D eigenvalue weighted by atomic mass is 79.9. The van der Waals surface area contributed by atoms with Gasteiger partial charge in [0.05, 0.1) is 0 Å². The molecular formula is C13H12BrClN2. The van der Waals surface area contributed by atoms with Crippen LogP contribution in [0, 0.1) is 0 Å². The van der Waals surface area contributed by atoms with Gasteiger partial charge in [0.2, 0.25) is 0 Å². The van der Waals surface area contributed by atoms with Crippen LogP contribution in [0.1, 0.15) is 11.1 Å². The molecule has 2 nitrogen and oxygen atoms in total. The minimum Gasteiger partial charge on any atom is -0.383 e. The highest BCUT2D eigenvalue weighted by Crippen LogP contribution is 2.18. The third-order valence-corrected chi connectivity index (χ3v) is 3.25. The fraction of sp³-hybridized carbons (Fsp3) is 0.154. The van der Waals surface area contributed by atoms with E-state index in [0.29, 0.717) is 5.82 Å². The van der Waals surface area contributed by atoms with Crippen LogP contribution in [0.3, 0.4) is 0 Å². The van der Waals surface area contributed by atoms with Crippen LogP contribution in [0.25, 0.3) is 0 Å². The van der Waals surface area contributed by atoms with Crippen molar-refractivity contribution in [1.82, 2.24) is 4.98 Å². The van der Waals surface area contributed by atoms with Crippen molar-refractivity contribution in [3.63, 3.8) is 0 Å². The number of halogens is 2. The van der Waals surface area contributed by atoms with Gasteiger partial charge >= 0.3 is 0 Å². The number of hydrogen-bond donors (Lipinski definition) is 1. The summed E-state index contributed by atoms with van der Waals surface area (Å²) < 4.78 is 0.956. The molecule has 1 aromatic carbocycles. The average Bonchev–Trinajstić information content (AvgIpc) is 2.32. The summed E-state index contributed by atoms with van der Waals surface area (Å²) in [6.07, 6.45) is 3.51. The summed E-state index contributed by atoms with van der Waals surface area (Å²) in [5, 5.41) is 0.761. The van der Waals surface area contributed by atoms with E-state index in [9.17, 15) is 0 Å². The number of benzene rings is 1. The topological polar surface area (TPSA) is 38.9 Å². The molecule has 4 heteroatoms. The maximum Gasteiger partial charge on any atom is 0.126 e. The number of aryl methyl sites for hydroxylation is 2. The highest BCUT2D eigenvalue weighted by Gasteiger charge is 2.02. The van der Waals surface area contributed by atoms with Gasteiger partial charge < -0.3 is 5.73 Å². The molecule has 0 saturated carbocycles. The van der Waals surface area contributed by atoms with Crippen molar-refractivity contribution < 1.29 is 0 Å². The maximum absolute atomic E-state index is 5.84. The largest absolute Gasteiger partial charge is 0.383 e. The molecule has 0 aliphatic carbocycles. The molecular weight excluding hydrogens is 300 g/mol. The third kappa shape index (κ3) is 3.45. The van der Waals surface area contributed by atoms with Crippen molar-refractivity contribution in [2.75, 3.05) is 5.73 Å². The van der Waals surface area contributed by atoms with E-state index in [0.717, 1.165) is 27.9 Å². The Morgan fingerprint density at radius 2 is 1.88 bits per heavy atom. The molecule has 88 valence electrons. The Morgan fingerprint density at radius 1 is 1.18 bits per heavy atom. The van der Waals surface area contributed by atoms with Gasteiger partial charge in [0, 0.05) is 15.7 Å². The molecule has 0 atom stereocenters. The van der Waals surface area contributed by atoms with E-state index < -0.39 is 0 Å². The predicted octanol–water partition coefficient (Wildman–Crippen LogP) is 3.86. The van der Waals surface area contributed by atoms with E-state index in [2.05, 4.69) is 20.9 Å². The van der Waals surface area contributed by atoms with Crippen LogP contribution in [-0.4, -0.2) is 4.98 Å². The number of nitrogens with two attached hydrogens (primary N) is 1. The third-order valence-electron chi connectivity index (χ3n) is 2.56. The minimum atomic E-state index is 0.599. The Kier molecular flexibility index (Phi) is 4.02. The molecule has 2 rings (SSSR count). The van der Waals surface area contributed by atoms with E-state index in [4.69, 9.17) is 17.3 Å². The Bertz CT molecular complexity index is 511. The Labute approximate surface area is 114 Å². The fourth-order valence-electron chi connectivity index (χ4n) is 1.62. The Hall–Kier alpha value is -1.06. The second kappa shape index (κ2) is 5.52. The summed E-state index contributed by atoms with van der Waals surface area (Å²) in [7, 11) is 0. The first kappa shape index (κ1) is 12.4. The number of hydrogen-bond acceptors (Lipinski definition) is 2. The molecule has 0 saturated heterocycles. The van der Waals surface area contributed by atoms with Gasteiger partial charge in [0.25, 0.3) is 0 Å². The minimum absolute atomic E-state index is 0.599. The van der Waals surface area contributed by atoms with Crippen LogP contribution >= 0.6 is 27.5 Å². The van der Waals surface area contributed by atoms with Crippen LogP contribution in [0.2, 0.25) is 5.02 Å². The molecule has 0 amide bonds. The van der Waals surface area contributed by atoms with Crippen molar-refractivity contribution in [2.45, 2.75) is 12.8 Å². The lowest BCUT2D eigenvalue weighted by Gasteiger charge is -2.05. The van der Waals surface area contributed by atoms with E-state index in [1.165, 1.54) is 5.56 Å². The molecule has 1 heterocycles. The predicted molar refractivity (Wildman–Crippen MR) is 75.2 cm³/mol. The van der Waals surface area contributed by atoms with Crippen molar-refractivity contribution in [1.29, 1.82) is 0 Å².